The molecule has 17 heavy (non-hydrogen) atoms. The summed E-state index contributed by atoms with van der Waals surface area (Å²) in [7, 11) is 0. The van der Waals surface area contributed by atoms with Gasteiger partial charge in [-0.1, -0.05) is 6.92 Å². The fourth-order valence-electron chi connectivity index (χ4n) is 2.42. The summed E-state index contributed by atoms with van der Waals surface area (Å²) >= 11 is 0. The largest absolute Gasteiger partial charge is 0.381 e. The van der Waals surface area contributed by atoms with Crippen LogP contribution in [0.1, 0.15) is 37.8 Å². The summed E-state index contributed by atoms with van der Waals surface area (Å²) in [5.41, 5.74) is 4.07. The number of hydrazine groups is 1. The maximum atomic E-state index is 5.68. The molecule has 0 radical (unpaired) electrons. The van der Waals surface area contributed by atoms with E-state index in [4.69, 9.17) is 10.6 Å². The minimum atomic E-state index is 0.154. The van der Waals surface area contributed by atoms with Gasteiger partial charge in [0, 0.05) is 30.8 Å². The summed E-state index contributed by atoms with van der Waals surface area (Å²) in [6, 6.07) is 0.154. The molecule has 1 aliphatic heterocycles. The smallest absolute Gasteiger partial charge is 0.0541 e. The van der Waals surface area contributed by atoms with Gasteiger partial charge in [0.1, 0.15) is 0 Å². The molecular weight excluding hydrogens is 216 g/mol. The van der Waals surface area contributed by atoms with Crippen LogP contribution in [0.5, 0.6) is 0 Å². The number of hydrogen-bond donors (Lipinski definition) is 2. The zero-order valence-corrected chi connectivity index (χ0v) is 10.4. The molecule has 0 bridgehead atoms. The standard InChI is InChI=1S/C12H22N4O/c1-2-5-16-8-11(7-14-16)12(15-13)10-4-3-6-17-9-10/h7-8,10,12,15H,2-6,9,13H2,1H3. The molecule has 5 heteroatoms. The van der Waals surface area contributed by atoms with E-state index < -0.39 is 0 Å². The minimum absolute atomic E-state index is 0.154. The molecular formula is C12H22N4O. The lowest BCUT2D eigenvalue weighted by molar-refractivity contribution is 0.0390. The maximum Gasteiger partial charge on any atom is 0.0541 e. The van der Waals surface area contributed by atoms with Crippen LogP contribution in [0, 0.1) is 5.92 Å². The average Bonchev–Trinajstić information content (AvgIpc) is 2.81. The van der Waals surface area contributed by atoms with E-state index in [0.717, 1.165) is 44.6 Å². The van der Waals surface area contributed by atoms with Crippen molar-refractivity contribution in [3.63, 3.8) is 0 Å². The Balaban J connectivity index is 2.04. The van der Waals surface area contributed by atoms with Crippen molar-refractivity contribution in [3.8, 4) is 0 Å². The van der Waals surface area contributed by atoms with Gasteiger partial charge in [-0.15, -0.1) is 0 Å². The van der Waals surface area contributed by atoms with E-state index in [9.17, 15) is 0 Å². The minimum Gasteiger partial charge on any atom is -0.381 e. The molecule has 0 aliphatic carbocycles. The molecule has 5 nitrogen and oxygen atoms in total. The van der Waals surface area contributed by atoms with Gasteiger partial charge in [0.15, 0.2) is 0 Å². The lowest BCUT2D eigenvalue weighted by atomic mass is 9.91. The molecule has 1 saturated heterocycles. The topological polar surface area (TPSA) is 65.1 Å². The monoisotopic (exact) mass is 238 g/mol. The van der Waals surface area contributed by atoms with Gasteiger partial charge in [0.05, 0.1) is 18.8 Å². The molecule has 1 aliphatic rings. The molecule has 2 atom stereocenters. The van der Waals surface area contributed by atoms with Gasteiger partial charge in [0.2, 0.25) is 0 Å². The Kier molecular flexibility index (Phi) is 4.53. The third-order valence-electron chi connectivity index (χ3n) is 3.31. The third-order valence-corrected chi connectivity index (χ3v) is 3.31. The first-order valence-electron chi connectivity index (χ1n) is 6.41. The van der Waals surface area contributed by atoms with Gasteiger partial charge >= 0.3 is 0 Å². The summed E-state index contributed by atoms with van der Waals surface area (Å²) in [4.78, 5) is 0. The second kappa shape index (κ2) is 6.14. The summed E-state index contributed by atoms with van der Waals surface area (Å²) in [6.45, 7) is 4.77. The third kappa shape index (κ3) is 3.06. The molecule has 3 N–H and O–H groups in total. The van der Waals surface area contributed by atoms with E-state index in [2.05, 4.69) is 23.6 Å². The van der Waals surface area contributed by atoms with Gasteiger partial charge in [-0.3, -0.25) is 16.0 Å². The zero-order valence-electron chi connectivity index (χ0n) is 10.4. The first-order valence-corrected chi connectivity index (χ1v) is 6.41. The van der Waals surface area contributed by atoms with Crippen LogP contribution in [0.25, 0.3) is 0 Å². The van der Waals surface area contributed by atoms with Crippen LogP contribution in [0.2, 0.25) is 0 Å². The average molecular weight is 238 g/mol. The molecule has 0 amide bonds. The Hall–Kier alpha value is -0.910. The van der Waals surface area contributed by atoms with Gasteiger partial charge in [-0.05, 0) is 19.3 Å². The maximum absolute atomic E-state index is 5.68. The Morgan fingerprint density at radius 3 is 3.24 bits per heavy atom. The molecule has 0 saturated carbocycles. The number of nitrogens with two attached hydrogens (primary N) is 1. The molecule has 1 fully saturated rings. The van der Waals surface area contributed by atoms with E-state index >= 15 is 0 Å². The Bertz CT molecular complexity index is 333. The Morgan fingerprint density at radius 2 is 2.59 bits per heavy atom. The number of hydrogen-bond acceptors (Lipinski definition) is 4. The van der Waals surface area contributed by atoms with Gasteiger partial charge in [-0.25, -0.2) is 0 Å². The highest BCUT2D eigenvalue weighted by atomic mass is 16.5. The fourth-order valence-corrected chi connectivity index (χ4v) is 2.42. The van der Waals surface area contributed by atoms with E-state index in [-0.39, 0.29) is 6.04 Å². The van der Waals surface area contributed by atoms with Crippen LogP contribution in [0.3, 0.4) is 0 Å². The van der Waals surface area contributed by atoms with Crippen LogP contribution >= 0.6 is 0 Å². The molecule has 0 spiro atoms. The summed E-state index contributed by atoms with van der Waals surface area (Å²) in [5, 5.41) is 4.35. The number of aryl methyl sites for hydroxylation is 1. The van der Waals surface area contributed by atoms with Gasteiger partial charge < -0.3 is 4.74 Å². The number of nitrogens with one attached hydrogen (secondary N) is 1. The van der Waals surface area contributed by atoms with Crippen molar-refractivity contribution < 1.29 is 4.74 Å². The predicted octanol–water partition coefficient (Wildman–Crippen LogP) is 1.22. The van der Waals surface area contributed by atoms with Crippen molar-refractivity contribution in [2.45, 2.75) is 38.8 Å². The van der Waals surface area contributed by atoms with E-state index in [1.54, 1.807) is 0 Å². The van der Waals surface area contributed by atoms with Crippen molar-refractivity contribution in [2.75, 3.05) is 13.2 Å². The lowest BCUT2D eigenvalue weighted by Gasteiger charge is -2.29. The Labute approximate surface area is 102 Å². The highest BCUT2D eigenvalue weighted by Crippen LogP contribution is 2.27. The SMILES string of the molecule is CCCn1cc(C(NN)C2CCCOC2)cn1. The zero-order chi connectivity index (χ0) is 12.1. The molecule has 2 rings (SSSR count). The lowest BCUT2D eigenvalue weighted by Crippen LogP contribution is -2.37. The normalized spacial score (nSPS) is 22.6. The number of nitrogens with zero attached hydrogens (tertiary/aromatic N) is 2. The number of rotatable bonds is 5. The number of ether oxygens (including phenoxy) is 1. The van der Waals surface area contributed by atoms with Crippen LogP contribution in [-0.4, -0.2) is 23.0 Å². The molecule has 0 aromatic carbocycles. The summed E-state index contributed by atoms with van der Waals surface area (Å²) in [5.74, 6) is 6.13. The van der Waals surface area contributed by atoms with Gasteiger partial charge in [-0.2, -0.15) is 5.10 Å². The molecule has 1 aromatic rings. The summed E-state index contributed by atoms with van der Waals surface area (Å²) in [6.07, 6.45) is 7.37. The summed E-state index contributed by atoms with van der Waals surface area (Å²) < 4.78 is 7.49. The fraction of sp³-hybridized carbons (Fsp3) is 0.750. The van der Waals surface area contributed by atoms with Crippen LogP contribution in [0.4, 0.5) is 0 Å². The highest BCUT2D eigenvalue weighted by molar-refractivity contribution is 5.11. The van der Waals surface area contributed by atoms with Crippen LogP contribution in [0.15, 0.2) is 12.4 Å². The predicted molar refractivity (Wildman–Crippen MR) is 66.1 cm³/mol. The van der Waals surface area contributed by atoms with E-state index in [0.29, 0.717) is 5.92 Å². The van der Waals surface area contributed by atoms with Crippen molar-refractivity contribution in [1.29, 1.82) is 0 Å². The quantitative estimate of drug-likeness (QED) is 0.598. The molecule has 2 heterocycles. The second-order valence-corrected chi connectivity index (χ2v) is 4.66. The Morgan fingerprint density at radius 1 is 1.71 bits per heavy atom. The van der Waals surface area contributed by atoms with Crippen molar-refractivity contribution in [3.05, 3.63) is 18.0 Å². The van der Waals surface area contributed by atoms with Crippen LogP contribution < -0.4 is 11.3 Å². The van der Waals surface area contributed by atoms with Gasteiger partial charge in [0.25, 0.3) is 0 Å². The van der Waals surface area contributed by atoms with Crippen molar-refractivity contribution in [1.82, 2.24) is 15.2 Å². The van der Waals surface area contributed by atoms with Crippen molar-refractivity contribution in [2.24, 2.45) is 11.8 Å². The number of aromatic nitrogens is 2. The molecule has 1 aromatic heterocycles. The van der Waals surface area contributed by atoms with E-state index in [1.807, 2.05) is 10.9 Å². The first-order chi connectivity index (χ1) is 8.35. The second-order valence-electron chi connectivity index (χ2n) is 4.66. The van der Waals surface area contributed by atoms with Crippen molar-refractivity contribution >= 4 is 0 Å². The first kappa shape index (κ1) is 12.5. The molecule has 2 unspecified atom stereocenters. The molecule has 96 valence electrons. The highest BCUT2D eigenvalue weighted by Gasteiger charge is 2.25. The van der Waals surface area contributed by atoms with E-state index in [1.165, 1.54) is 0 Å². The van der Waals surface area contributed by atoms with Crippen LogP contribution in [-0.2, 0) is 11.3 Å².